The molecule has 0 spiro atoms. The summed E-state index contributed by atoms with van der Waals surface area (Å²) in [6, 6.07) is 6.36. The summed E-state index contributed by atoms with van der Waals surface area (Å²) in [5.41, 5.74) is 0.861. The Morgan fingerprint density at radius 1 is 1.24 bits per heavy atom. The fourth-order valence-electron chi connectivity index (χ4n) is 1.30. The molecule has 1 heterocycles. The predicted molar refractivity (Wildman–Crippen MR) is 58.7 cm³/mol. The van der Waals surface area contributed by atoms with Gasteiger partial charge in [-0.15, -0.1) is 0 Å². The van der Waals surface area contributed by atoms with Gasteiger partial charge in [0.25, 0.3) is 0 Å². The Morgan fingerprint density at radius 2 is 2.06 bits per heavy atom. The van der Waals surface area contributed by atoms with Crippen molar-refractivity contribution in [2.45, 2.75) is 13.2 Å². The molecule has 0 amide bonds. The highest BCUT2D eigenvalue weighted by molar-refractivity contribution is 5.17. The zero-order valence-corrected chi connectivity index (χ0v) is 9.01. The van der Waals surface area contributed by atoms with Crippen molar-refractivity contribution >= 4 is 0 Å². The Kier molecular flexibility index (Phi) is 3.62. The van der Waals surface area contributed by atoms with Crippen LogP contribution >= 0.6 is 0 Å². The van der Waals surface area contributed by atoms with Crippen molar-refractivity contribution in [2.75, 3.05) is 0 Å². The molecule has 1 N–H and O–H groups in total. The van der Waals surface area contributed by atoms with Crippen LogP contribution < -0.4 is 4.74 Å². The molecule has 2 rings (SSSR count). The van der Waals surface area contributed by atoms with Gasteiger partial charge in [-0.25, -0.2) is 9.37 Å². The van der Waals surface area contributed by atoms with Crippen LogP contribution in [0.4, 0.5) is 4.39 Å². The lowest BCUT2D eigenvalue weighted by Crippen LogP contribution is -2.01. The predicted octanol–water partition coefficient (Wildman–Crippen LogP) is 1.69. The number of halogens is 1. The van der Waals surface area contributed by atoms with Gasteiger partial charge in [0.05, 0.1) is 24.7 Å². The van der Waals surface area contributed by atoms with Crippen molar-refractivity contribution < 1.29 is 14.2 Å². The van der Waals surface area contributed by atoms with Crippen LogP contribution in [0.15, 0.2) is 36.7 Å². The van der Waals surface area contributed by atoms with Gasteiger partial charge in [-0.1, -0.05) is 18.2 Å². The van der Waals surface area contributed by atoms with Gasteiger partial charge in [0, 0.05) is 5.56 Å². The Morgan fingerprint density at radius 3 is 2.82 bits per heavy atom. The second kappa shape index (κ2) is 5.36. The van der Waals surface area contributed by atoms with Crippen LogP contribution in [0.1, 0.15) is 11.3 Å². The van der Waals surface area contributed by atoms with Crippen molar-refractivity contribution in [1.82, 2.24) is 9.97 Å². The first-order valence-electron chi connectivity index (χ1n) is 5.07. The van der Waals surface area contributed by atoms with E-state index in [0.29, 0.717) is 11.3 Å². The summed E-state index contributed by atoms with van der Waals surface area (Å²) in [6.07, 6.45) is 2.86. The van der Waals surface area contributed by atoms with Gasteiger partial charge in [-0.3, -0.25) is 4.98 Å². The van der Waals surface area contributed by atoms with E-state index in [2.05, 4.69) is 9.97 Å². The zero-order valence-electron chi connectivity index (χ0n) is 9.01. The lowest BCUT2D eigenvalue weighted by molar-refractivity contribution is 0.262. The summed E-state index contributed by atoms with van der Waals surface area (Å²) in [5, 5.41) is 8.87. The molecule has 0 radical (unpaired) electrons. The third kappa shape index (κ3) is 2.98. The monoisotopic (exact) mass is 234 g/mol. The molecule has 5 heteroatoms. The highest BCUT2D eigenvalue weighted by atomic mass is 19.1. The number of aromatic nitrogens is 2. The summed E-state index contributed by atoms with van der Waals surface area (Å²) in [7, 11) is 0. The molecule has 0 aliphatic heterocycles. The van der Waals surface area contributed by atoms with Gasteiger partial charge < -0.3 is 9.84 Å². The Labute approximate surface area is 97.7 Å². The van der Waals surface area contributed by atoms with Crippen LogP contribution in [0.25, 0.3) is 0 Å². The van der Waals surface area contributed by atoms with E-state index >= 15 is 0 Å². The number of aliphatic hydroxyl groups is 1. The summed E-state index contributed by atoms with van der Waals surface area (Å²) in [5.74, 6) is -0.0569. The van der Waals surface area contributed by atoms with E-state index in [-0.39, 0.29) is 24.9 Å². The molecule has 17 heavy (non-hydrogen) atoms. The number of hydrogen-bond acceptors (Lipinski definition) is 4. The van der Waals surface area contributed by atoms with E-state index in [0.717, 1.165) is 0 Å². The van der Waals surface area contributed by atoms with Gasteiger partial charge in [0.2, 0.25) is 5.88 Å². The van der Waals surface area contributed by atoms with Crippen LogP contribution in [0.3, 0.4) is 0 Å². The number of rotatable bonds is 4. The van der Waals surface area contributed by atoms with Crippen molar-refractivity contribution in [3.63, 3.8) is 0 Å². The minimum Gasteiger partial charge on any atom is -0.472 e. The lowest BCUT2D eigenvalue weighted by Gasteiger charge is -2.06. The average molecular weight is 234 g/mol. The first kappa shape index (κ1) is 11.5. The molecule has 0 aliphatic rings. The first-order chi connectivity index (χ1) is 8.29. The fourth-order valence-corrected chi connectivity index (χ4v) is 1.30. The van der Waals surface area contributed by atoms with Crippen molar-refractivity contribution in [1.29, 1.82) is 0 Å². The minimum atomic E-state index is -0.321. The Balaban J connectivity index is 2.05. The summed E-state index contributed by atoms with van der Waals surface area (Å²) < 4.78 is 18.6. The topological polar surface area (TPSA) is 55.2 Å². The van der Waals surface area contributed by atoms with E-state index < -0.39 is 0 Å². The van der Waals surface area contributed by atoms with E-state index in [1.165, 1.54) is 18.5 Å². The van der Waals surface area contributed by atoms with Gasteiger partial charge in [-0.2, -0.15) is 0 Å². The van der Waals surface area contributed by atoms with E-state index in [1.807, 2.05) is 0 Å². The Hall–Kier alpha value is -2.01. The maximum atomic E-state index is 13.3. The third-order valence-electron chi connectivity index (χ3n) is 2.16. The maximum absolute atomic E-state index is 13.3. The average Bonchev–Trinajstić information content (AvgIpc) is 2.38. The quantitative estimate of drug-likeness (QED) is 0.874. The molecule has 88 valence electrons. The SMILES string of the molecule is OCc1cncc(OCc2ccccc2F)n1. The van der Waals surface area contributed by atoms with E-state index in [1.54, 1.807) is 18.2 Å². The van der Waals surface area contributed by atoms with Crippen molar-refractivity contribution in [3.8, 4) is 5.88 Å². The molecule has 0 saturated heterocycles. The number of benzene rings is 1. The molecule has 0 saturated carbocycles. The second-order valence-electron chi connectivity index (χ2n) is 3.39. The van der Waals surface area contributed by atoms with Gasteiger partial charge in [-0.05, 0) is 6.07 Å². The highest BCUT2D eigenvalue weighted by Gasteiger charge is 2.03. The first-order valence-corrected chi connectivity index (χ1v) is 5.07. The minimum absolute atomic E-state index is 0.0796. The second-order valence-corrected chi connectivity index (χ2v) is 3.39. The van der Waals surface area contributed by atoms with E-state index in [9.17, 15) is 4.39 Å². The van der Waals surface area contributed by atoms with Crippen LogP contribution in [0, 0.1) is 5.82 Å². The normalized spacial score (nSPS) is 10.2. The molecular weight excluding hydrogens is 223 g/mol. The summed E-state index contributed by atoms with van der Waals surface area (Å²) in [6.45, 7) is -0.125. The maximum Gasteiger partial charge on any atom is 0.232 e. The molecule has 2 aromatic rings. The molecule has 0 aliphatic carbocycles. The number of nitrogens with zero attached hydrogens (tertiary/aromatic N) is 2. The van der Waals surface area contributed by atoms with Crippen molar-refractivity contribution in [3.05, 3.63) is 53.7 Å². The van der Waals surface area contributed by atoms with E-state index in [4.69, 9.17) is 9.84 Å². The Bertz CT molecular complexity index is 505. The number of ether oxygens (including phenoxy) is 1. The molecule has 4 nitrogen and oxygen atoms in total. The zero-order chi connectivity index (χ0) is 12.1. The van der Waals surface area contributed by atoms with Gasteiger partial charge >= 0.3 is 0 Å². The van der Waals surface area contributed by atoms with Gasteiger partial charge in [0.15, 0.2) is 0 Å². The van der Waals surface area contributed by atoms with Crippen LogP contribution in [0.5, 0.6) is 5.88 Å². The van der Waals surface area contributed by atoms with Crippen LogP contribution in [0.2, 0.25) is 0 Å². The summed E-state index contributed by atoms with van der Waals surface area (Å²) >= 11 is 0. The van der Waals surface area contributed by atoms with Crippen LogP contribution in [-0.4, -0.2) is 15.1 Å². The van der Waals surface area contributed by atoms with Crippen molar-refractivity contribution in [2.24, 2.45) is 0 Å². The molecule has 1 aromatic heterocycles. The standard InChI is InChI=1S/C12H11FN2O2/c13-11-4-2-1-3-9(11)8-17-12-6-14-5-10(7-16)15-12/h1-6,16H,7-8H2. The largest absolute Gasteiger partial charge is 0.472 e. The molecule has 0 unspecified atom stereocenters. The lowest BCUT2D eigenvalue weighted by atomic mass is 10.2. The smallest absolute Gasteiger partial charge is 0.232 e. The molecule has 0 atom stereocenters. The van der Waals surface area contributed by atoms with Gasteiger partial charge in [0.1, 0.15) is 12.4 Å². The highest BCUT2D eigenvalue weighted by Crippen LogP contribution is 2.11. The molecular formula is C12H11FN2O2. The number of aliphatic hydroxyl groups excluding tert-OH is 1. The molecule has 0 bridgehead atoms. The molecule has 0 fully saturated rings. The number of hydrogen-bond donors (Lipinski definition) is 1. The molecule has 1 aromatic carbocycles. The third-order valence-corrected chi connectivity index (χ3v) is 2.16. The fraction of sp³-hybridized carbons (Fsp3) is 0.167. The summed E-state index contributed by atoms with van der Waals surface area (Å²) in [4.78, 5) is 7.83. The van der Waals surface area contributed by atoms with Crippen LogP contribution in [-0.2, 0) is 13.2 Å².